The molecule has 10 heteroatoms. The molecule has 146 valence electrons. The average molecular weight is 397 g/mol. The van der Waals surface area contributed by atoms with Crippen molar-refractivity contribution in [2.75, 3.05) is 18.8 Å². The van der Waals surface area contributed by atoms with Crippen LogP contribution in [-0.2, 0) is 4.74 Å². The van der Waals surface area contributed by atoms with Crippen LogP contribution in [0.5, 0.6) is 0 Å². The Morgan fingerprint density at radius 2 is 1.96 bits per heavy atom. The van der Waals surface area contributed by atoms with Gasteiger partial charge < -0.3 is 15.4 Å². The summed E-state index contributed by atoms with van der Waals surface area (Å²) >= 11 is 5.84. The van der Waals surface area contributed by atoms with Crippen LogP contribution >= 0.6 is 11.6 Å². The number of nitrogen functional groups attached to an aromatic ring is 1. The molecule has 0 radical (unpaired) electrons. The van der Waals surface area contributed by atoms with Gasteiger partial charge in [-0.05, 0) is 39.7 Å². The minimum atomic E-state index is -0.545. The molecular weight excluding hydrogens is 375 g/mol. The molecule has 1 aliphatic rings. The summed E-state index contributed by atoms with van der Waals surface area (Å²) in [4.78, 5) is 13.8. The summed E-state index contributed by atoms with van der Waals surface area (Å²) in [5.41, 5.74) is 5.81. The fourth-order valence-electron chi connectivity index (χ4n) is 3.00. The third kappa shape index (κ3) is 4.29. The predicted octanol–water partition coefficient (Wildman–Crippen LogP) is 3.29. The number of piperidine rings is 1. The highest BCUT2D eigenvalue weighted by Gasteiger charge is 2.29. The monoisotopic (exact) mass is 396 g/mol. The van der Waals surface area contributed by atoms with Crippen molar-refractivity contribution in [2.45, 2.75) is 45.3 Å². The zero-order valence-corrected chi connectivity index (χ0v) is 16.2. The van der Waals surface area contributed by atoms with Crippen molar-refractivity contribution >= 4 is 23.5 Å². The molecule has 0 unspecified atom stereocenters. The molecule has 0 atom stereocenters. The molecule has 1 fully saturated rings. The molecule has 0 saturated carbocycles. The van der Waals surface area contributed by atoms with E-state index in [4.69, 9.17) is 22.1 Å². The van der Waals surface area contributed by atoms with Gasteiger partial charge in [-0.3, -0.25) is 0 Å². The molecule has 0 aromatic carbocycles. The third-order valence-corrected chi connectivity index (χ3v) is 4.46. The second kappa shape index (κ2) is 7.30. The minimum absolute atomic E-state index is 0.0811. The highest BCUT2D eigenvalue weighted by Crippen LogP contribution is 2.31. The number of hydrogen-bond acceptors (Lipinski definition) is 6. The maximum absolute atomic E-state index is 14.9. The van der Waals surface area contributed by atoms with Crippen LogP contribution in [-0.4, -0.2) is 49.7 Å². The van der Waals surface area contributed by atoms with Crippen molar-refractivity contribution in [1.29, 1.82) is 0 Å². The normalized spacial score (nSPS) is 15.8. The Bertz CT molecular complexity index is 842. The number of rotatable bonds is 2. The van der Waals surface area contributed by atoms with Crippen molar-refractivity contribution < 1.29 is 13.9 Å². The van der Waals surface area contributed by atoms with E-state index in [0.717, 1.165) is 0 Å². The molecule has 3 rings (SSSR count). The molecule has 8 nitrogen and oxygen atoms in total. The quantitative estimate of drug-likeness (QED) is 0.836. The summed E-state index contributed by atoms with van der Waals surface area (Å²) in [6.07, 6.45) is 2.19. The predicted molar refractivity (Wildman–Crippen MR) is 98.7 cm³/mol. The number of likely N-dealkylation sites (tertiary alicyclic amines) is 1. The van der Waals surface area contributed by atoms with Gasteiger partial charge in [0.1, 0.15) is 5.60 Å². The van der Waals surface area contributed by atoms with Crippen molar-refractivity contribution in [3.8, 4) is 11.1 Å². The number of nitrogens with zero attached hydrogens (tertiary/aromatic N) is 5. The summed E-state index contributed by atoms with van der Waals surface area (Å²) in [5.74, 6) is -0.431. The van der Waals surface area contributed by atoms with Crippen LogP contribution in [0.4, 0.5) is 15.0 Å². The van der Waals surface area contributed by atoms with Crippen LogP contribution in [0.3, 0.4) is 0 Å². The van der Waals surface area contributed by atoms with Gasteiger partial charge in [-0.15, -0.1) is 10.2 Å². The molecule has 2 N–H and O–H groups in total. The van der Waals surface area contributed by atoms with E-state index in [2.05, 4.69) is 15.3 Å². The van der Waals surface area contributed by atoms with Gasteiger partial charge in [-0.2, -0.15) is 9.49 Å². The Kier molecular flexibility index (Phi) is 5.23. The van der Waals surface area contributed by atoms with E-state index in [1.54, 1.807) is 4.90 Å². The van der Waals surface area contributed by atoms with Crippen LogP contribution in [0.15, 0.2) is 12.3 Å². The van der Waals surface area contributed by atoms with E-state index in [9.17, 15) is 9.18 Å². The second-order valence-electron chi connectivity index (χ2n) is 7.46. The summed E-state index contributed by atoms with van der Waals surface area (Å²) in [7, 11) is 0. The van der Waals surface area contributed by atoms with Crippen LogP contribution in [0.25, 0.3) is 11.1 Å². The highest BCUT2D eigenvalue weighted by molar-refractivity contribution is 6.29. The molecule has 2 aromatic heterocycles. The Morgan fingerprint density at radius 1 is 1.30 bits per heavy atom. The average Bonchev–Trinajstić information content (AvgIpc) is 2.97. The number of amides is 1. The van der Waals surface area contributed by atoms with Gasteiger partial charge in [0, 0.05) is 18.7 Å². The van der Waals surface area contributed by atoms with Gasteiger partial charge in [-0.25, -0.2) is 9.48 Å². The van der Waals surface area contributed by atoms with Crippen molar-refractivity contribution in [2.24, 2.45) is 0 Å². The van der Waals surface area contributed by atoms with E-state index in [1.807, 2.05) is 20.8 Å². The first-order valence-electron chi connectivity index (χ1n) is 8.65. The van der Waals surface area contributed by atoms with Crippen molar-refractivity contribution in [1.82, 2.24) is 24.9 Å². The maximum atomic E-state index is 14.9. The van der Waals surface area contributed by atoms with Crippen molar-refractivity contribution in [3.63, 3.8) is 0 Å². The number of hydrogen-bond donors (Lipinski definition) is 1. The number of anilines is 1. The zero-order valence-electron chi connectivity index (χ0n) is 15.4. The Morgan fingerprint density at radius 3 is 2.59 bits per heavy atom. The fraction of sp³-hybridized carbons (Fsp3) is 0.529. The number of aromatic nitrogens is 4. The molecule has 1 amide bonds. The van der Waals surface area contributed by atoms with E-state index in [0.29, 0.717) is 31.5 Å². The van der Waals surface area contributed by atoms with E-state index >= 15 is 0 Å². The van der Waals surface area contributed by atoms with Gasteiger partial charge in [0.25, 0.3) is 0 Å². The van der Waals surface area contributed by atoms with Crippen molar-refractivity contribution in [3.05, 3.63) is 23.4 Å². The SMILES string of the molecule is CC(C)(C)OC(=O)N1CCC(n2ncc(-c3cc(Cl)nnc3N)c2F)CC1. The fourth-order valence-corrected chi connectivity index (χ4v) is 3.14. The lowest BCUT2D eigenvalue weighted by Crippen LogP contribution is -2.42. The molecule has 1 saturated heterocycles. The van der Waals surface area contributed by atoms with E-state index < -0.39 is 11.5 Å². The van der Waals surface area contributed by atoms with E-state index in [-0.39, 0.29) is 28.7 Å². The lowest BCUT2D eigenvalue weighted by Gasteiger charge is -2.33. The minimum Gasteiger partial charge on any atom is -0.444 e. The second-order valence-corrected chi connectivity index (χ2v) is 7.85. The topological polar surface area (TPSA) is 99.2 Å². The highest BCUT2D eigenvalue weighted by atomic mass is 35.5. The summed E-state index contributed by atoms with van der Waals surface area (Å²) in [6, 6.07) is 1.29. The first kappa shape index (κ1) is 19.3. The molecular formula is C17H22ClFN6O2. The molecule has 3 heterocycles. The first-order valence-corrected chi connectivity index (χ1v) is 9.03. The number of nitrogens with two attached hydrogens (primary N) is 1. The Labute approximate surface area is 161 Å². The molecule has 0 bridgehead atoms. The number of carbonyl (C=O) groups excluding carboxylic acids is 1. The standard InChI is InChI=1S/C17H22ClFN6O2/c1-17(2,3)27-16(26)24-6-4-10(5-7-24)25-14(19)12(9-21-25)11-8-13(18)22-23-15(11)20/h8-10H,4-7H2,1-3H3,(H2,20,23). The lowest BCUT2D eigenvalue weighted by molar-refractivity contribution is 0.0181. The molecule has 1 aliphatic heterocycles. The number of ether oxygens (including phenoxy) is 1. The van der Waals surface area contributed by atoms with Crippen LogP contribution in [0.1, 0.15) is 39.7 Å². The number of halogens is 2. The zero-order chi connectivity index (χ0) is 19.8. The van der Waals surface area contributed by atoms with Gasteiger partial charge in [0.2, 0.25) is 5.95 Å². The van der Waals surface area contributed by atoms with Gasteiger partial charge in [0.15, 0.2) is 11.0 Å². The van der Waals surface area contributed by atoms with Crippen LogP contribution in [0.2, 0.25) is 5.15 Å². The number of carbonyl (C=O) groups is 1. The lowest BCUT2D eigenvalue weighted by atomic mass is 10.1. The molecule has 0 spiro atoms. The Hall–Kier alpha value is -2.42. The Balaban J connectivity index is 1.72. The van der Waals surface area contributed by atoms with Gasteiger partial charge in [-0.1, -0.05) is 11.6 Å². The largest absolute Gasteiger partial charge is 0.444 e. The molecule has 0 aliphatic carbocycles. The van der Waals surface area contributed by atoms with Crippen LogP contribution in [0, 0.1) is 5.95 Å². The summed E-state index contributed by atoms with van der Waals surface area (Å²) in [5, 5.41) is 11.6. The summed E-state index contributed by atoms with van der Waals surface area (Å²) in [6.45, 7) is 6.41. The summed E-state index contributed by atoms with van der Waals surface area (Å²) < 4.78 is 21.6. The first-order chi connectivity index (χ1) is 12.7. The van der Waals surface area contributed by atoms with Gasteiger partial charge in [0.05, 0.1) is 17.8 Å². The molecule has 2 aromatic rings. The van der Waals surface area contributed by atoms with E-state index in [1.165, 1.54) is 16.9 Å². The molecule has 27 heavy (non-hydrogen) atoms. The third-order valence-electron chi connectivity index (χ3n) is 4.28. The van der Waals surface area contributed by atoms with Crippen LogP contribution < -0.4 is 5.73 Å². The smallest absolute Gasteiger partial charge is 0.410 e. The van der Waals surface area contributed by atoms with Gasteiger partial charge >= 0.3 is 6.09 Å². The maximum Gasteiger partial charge on any atom is 0.410 e.